The summed E-state index contributed by atoms with van der Waals surface area (Å²) in [6.45, 7) is 5.80. The second-order valence-electron chi connectivity index (χ2n) is 4.24. The zero-order valence-electron chi connectivity index (χ0n) is 8.62. The Balaban J connectivity index is 2.61. The van der Waals surface area contributed by atoms with E-state index in [0.717, 1.165) is 6.42 Å². The SMILES string of the molecule is CC(Cc1ccccc1)C(C)(C)O. The van der Waals surface area contributed by atoms with E-state index in [9.17, 15) is 5.11 Å². The molecule has 1 atom stereocenters. The number of benzene rings is 1. The maximum Gasteiger partial charge on any atom is 0.0620 e. The summed E-state index contributed by atoms with van der Waals surface area (Å²) in [5.74, 6) is 0.287. The lowest BCUT2D eigenvalue weighted by Crippen LogP contribution is -2.29. The number of hydrogen-bond acceptors (Lipinski definition) is 1. The minimum Gasteiger partial charge on any atom is -0.390 e. The van der Waals surface area contributed by atoms with E-state index in [2.05, 4.69) is 19.1 Å². The van der Waals surface area contributed by atoms with Gasteiger partial charge < -0.3 is 5.11 Å². The van der Waals surface area contributed by atoms with Gasteiger partial charge in [-0.2, -0.15) is 0 Å². The first-order valence-corrected chi connectivity index (χ1v) is 4.76. The molecule has 13 heavy (non-hydrogen) atoms. The van der Waals surface area contributed by atoms with Gasteiger partial charge >= 0.3 is 0 Å². The molecule has 0 aliphatic rings. The highest BCUT2D eigenvalue weighted by molar-refractivity contribution is 5.15. The van der Waals surface area contributed by atoms with Gasteiger partial charge in [0.15, 0.2) is 0 Å². The summed E-state index contributed by atoms with van der Waals surface area (Å²) in [5, 5.41) is 9.75. The Morgan fingerprint density at radius 2 is 1.77 bits per heavy atom. The molecule has 0 aliphatic heterocycles. The Morgan fingerprint density at radius 3 is 2.23 bits per heavy atom. The molecule has 0 spiro atoms. The Morgan fingerprint density at radius 1 is 1.23 bits per heavy atom. The molecule has 72 valence electrons. The van der Waals surface area contributed by atoms with Crippen LogP contribution < -0.4 is 0 Å². The lowest BCUT2D eigenvalue weighted by molar-refractivity contribution is 0.0251. The molecule has 1 nitrogen and oxygen atoms in total. The van der Waals surface area contributed by atoms with Gasteiger partial charge in [-0.15, -0.1) is 0 Å². The molecule has 0 saturated carbocycles. The smallest absolute Gasteiger partial charge is 0.0620 e. The summed E-state index contributed by atoms with van der Waals surface area (Å²) < 4.78 is 0. The highest BCUT2D eigenvalue weighted by atomic mass is 16.3. The molecule has 1 N–H and O–H groups in total. The van der Waals surface area contributed by atoms with Crippen LogP contribution in [-0.2, 0) is 6.42 Å². The van der Waals surface area contributed by atoms with Gasteiger partial charge in [0, 0.05) is 0 Å². The Kier molecular flexibility index (Phi) is 3.10. The van der Waals surface area contributed by atoms with Crippen LogP contribution in [0.3, 0.4) is 0 Å². The van der Waals surface area contributed by atoms with Crippen LogP contribution in [0.2, 0.25) is 0 Å². The maximum absolute atomic E-state index is 9.75. The number of aliphatic hydroxyl groups is 1. The minimum atomic E-state index is -0.587. The van der Waals surface area contributed by atoms with E-state index >= 15 is 0 Å². The number of hydrogen-bond donors (Lipinski definition) is 1. The zero-order chi connectivity index (χ0) is 9.90. The van der Waals surface area contributed by atoms with E-state index in [1.54, 1.807) is 0 Å². The maximum atomic E-state index is 9.75. The first kappa shape index (κ1) is 10.3. The third-order valence-electron chi connectivity index (χ3n) is 2.59. The second kappa shape index (κ2) is 3.93. The van der Waals surface area contributed by atoms with Crippen molar-refractivity contribution in [2.45, 2.75) is 32.8 Å². The molecule has 0 aliphatic carbocycles. The van der Waals surface area contributed by atoms with Crippen LogP contribution >= 0.6 is 0 Å². The van der Waals surface area contributed by atoms with E-state index in [0.29, 0.717) is 0 Å². The zero-order valence-corrected chi connectivity index (χ0v) is 8.62. The van der Waals surface area contributed by atoms with Crippen LogP contribution in [-0.4, -0.2) is 10.7 Å². The second-order valence-corrected chi connectivity index (χ2v) is 4.24. The summed E-state index contributed by atoms with van der Waals surface area (Å²) in [4.78, 5) is 0. The molecule has 1 unspecified atom stereocenters. The molecule has 1 aromatic carbocycles. The summed E-state index contributed by atoms with van der Waals surface area (Å²) in [5.41, 5.74) is 0.702. The average molecular weight is 178 g/mol. The molecule has 1 rings (SSSR count). The highest BCUT2D eigenvalue weighted by Gasteiger charge is 2.21. The van der Waals surface area contributed by atoms with E-state index < -0.39 is 5.60 Å². The fraction of sp³-hybridized carbons (Fsp3) is 0.500. The molecule has 0 bridgehead atoms. The third kappa shape index (κ3) is 3.19. The van der Waals surface area contributed by atoms with E-state index in [1.807, 2.05) is 32.0 Å². The predicted octanol–water partition coefficient (Wildman–Crippen LogP) is 2.64. The molecule has 0 amide bonds. The van der Waals surface area contributed by atoms with Crippen molar-refractivity contribution in [1.29, 1.82) is 0 Å². The van der Waals surface area contributed by atoms with Crippen LogP contribution in [0.4, 0.5) is 0 Å². The largest absolute Gasteiger partial charge is 0.390 e. The van der Waals surface area contributed by atoms with Gasteiger partial charge in [0.2, 0.25) is 0 Å². The quantitative estimate of drug-likeness (QED) is 0.754. The summed E-state index contributed by atoms with van der Waals surface area (Å²) >= 11 is 0. The normalized spacial score (nSPS) is 14.2. The van der Waals surface area contributed by atoms with Crippen molar-refractivity contribution in [1.82, 2.24) is 0 Å². The van der Waals surface area contributed by atoms with Gasteiger partial charge in [-0.05, 0) is 31.7 Å². The summed E-state index contributed by atoms with van der Waals surface area (Å²) in [6.07, 6.45) is 0.935. The van der Waals surface area contributed by atoms with Gasteiger partial charge in [0.25, 0.3) is 0 Å². The fourth-order valence-electron chi connectivity index (χ4n) is 1.22. The van der Waals surface area contributed by atoms with Crippen LogP contribution in [0.25, 0.3) is 0 Å². The van der Waals surface area contributed by atoms with E-state index in [-0.39, 0.29) is 5.92 Å². The van der Waals surface area contributed by atoms with Crippen molar-refractivity contribution >= 4 is 0 Å². The molecule has 0 heterocycles. The molecule has 0 fully saturated rings. The van der Waals surface area contributed by atoms with E-state index in [1.165, 1.54) is 5.56 Å². The van der Waals surface area contributed by atoms with Crippen molar-refractivity contribution in [3.05, 3.63) is 35.9 Å². The van der Waals surface area contributed by atoms with Gasteiger partial charge in [-0.25, -0.2) is 0 Å². The Labute approximate surface area is 80.4 Å². The Bertz CT molecular complexity index is 246. The monoisotopic (exact) mass is 178 g/mol. The molecular formula is C12H18O. The van der Waals surface area contributed by atoms with Gasteiger partial charge in [0.1, 0.15) is 0 Å². The molecule has 1 heteroatoms. The predicted molar refractivity (Wildman–Crippen MR) is 55.6 cm³/mol. The van der Waals surface area contributed by atoms with E-state index in [4.69, 9.17) is 0 Å². The molecule has 0 radical (unpaired) electrons. The Hall–Kier alpha value is -0.820. The van der Waals surface area contributed by atoms with Gasteiger partial charge in [-0.1, -0.05) is 37.3 Å². The van der Waals surface area contributed by atoms with Crippen LogP contribution in [0.15, 0.2) is 30.3 Å². The topological polar surface area (TPSA) is 20.2 Å². The highest BCUT2D eigenvalue weighted by Crippen LogP contribution is 2.20. The van der Waals surface area contributed by atoms with Crippen molar-refractivity contribution in [3.63, 3.8) is 0 Å². The van der Waals surface area contributed by atoms with Crippen molar-refractivity contribution in [3.8, 4) is 0 Å². The first-order chi connectivity index (χ1) is 6.00. The van der Waals surface area contributed by atoms with Crippen LogP contribution in [0.1, 0.15) is 26.3 Å². The summed E-state index contributed by atoms with van der Waals surface area (Å²) in [6, 6.07) is 10.3. The van der Waals surface area contributed by atoms with Gasteiger partial charge in [0.05, 0.1) is 5.60 Å². The lowest BCUT2D eigenvalue weighted by atomic mass is 9.87. The minimum absolute atomic E-state index is 0.287. The summed E-state index contributed by atoms with van der Waals surface area (Å²) in [7, 11) is 0. The standard InChI is InChI=1S/C12H18O/c1-10(12(2,3)13)9-11-7-5-4-6-8-11/h4-8,10,13H,9H2,1-3H3. The number of rotatable bonds is 3. The van der Waals surface area contributed by atoms with Crippen molar-refractivity contribution in [2.24, 2.45) is 5.92 Å². The van der Waals surface area contributed by atoms with Gasteiger partial charge in [-0.3, -0.25) is 0 Å². The van der Waals surface area contributed by atoms with Crippen LogP contribution in [0, 0.1) is 5.92 Å². The average Bonchev–Trinajstić information content (AvgIpc) is 2.04. The lowest BCUT2D eigenvalue weighted by Gasteiger charge is -2.25. The molecule has 1 aromatic rings. The van der Waals surface area contributed by atoms with Crippen molar-refractivity contribution < 1.29 is 5.11 Å². The van der Waals surface area contributed by atoms with Crippen molar-refractivity contribution in [2.75, 3.05) is 0 Å². The molecular weight excluding hydrogens is 160 g/mol. The first-order valence-electron chi connectivity index (χ1n) is 4.76. The third-order valence-corrected chi connectivity index (χ3v) is 2.59. The van der Waals surface area contributed by atoms with Crippen LogP contribution in [0.5, 0.6) is 0 Å². The molecule has 0 aromatic heterocycles. The fourth-order valence-corrected chi connectivity index (χ4v) is 1.22. The molecule has 0 saturated heterocycles.